The molecule has 0 fully saturated rings. The Labute approximate surface area is 136 Å². The van der Waals surface area contributed by atoms with Crippen molar-refractivity contribution >= 4 is 18.9 Å². The Balaban J connectivity index is 0.00000361. The summed E-state index contributed by atoms with van der Waals surface area (Å²) in [5, 5.41) is 3.40. The normalized spacial score (nSPS) is 15.3. The summed E-state index contributed by atoms with van der Waals surface area (Å²) in [6.07, 6.45) is 18.6. The molecule has 1 atom stereocenters. The van der Waals surface area contributed by atoms with E-state index in [0.29, 0.717) is 5.92 Å². The summed E-state index contributed by atoms with van der Waals surface area (Å²) in [7, 11) is 0. The first-order valence-electron chi connectivity index (χ1n) is 7.55. The number of unbranched alkanes of at least 4 members (excludes halogenated alkanes) is 2. The fraction of sp³-hybridized carbons (Fsp3) is 0.625. The zero-order chi connectivity index (χ0) is 13.9. The molecule has 0 aromatic rings. The van der Waals surface area contributed by atoms with Crippen LogP contribution < -0.4 is 16.8 Å². The monoisotopic (exact) mass is 271 g/mol. The van der Waals surface area contributed by atoms with Crippen molar-refractivity contribution in [3.8, 4) is 0 Å². The van der Waals surface area contributed by atoms with Crippen LogP contribution in [-0.2, 0) is 0 Å². The van der Waals surface area contributed by atoms with E-state index in [1.54, 1.807) is 0 Å². The van der Waals surface area contributed by atoms with Crippen molar-refractivity contribution in [2.75, 3.05) is 0 Å². The Bertz CT molecular complexity index is 322. The number of nitrogens with two attached hydrogens (primary N) is 2. The van der Waals surface area contributed by atoms with Gasteiger partial charge in [0, 0.05) is 11.9 Å². The molecular weight excluding hydrogens is 241 g/mol. The molecule has 1 rings (SSSR count). The molecule has 0 saturated heterocycles. The molecule has 3 nitrogen and oxygen atoms in total. The third-order valence-corrected chi connectivity index (χ3v) is 3.51. The topological polar surface area (TPSA) is 64.1 Å². The molecule has 0 radical (unpaired) electrons. The van der Waals surface area contributed by atoms with E-state index >= 15 is 0 Å². The molecule has 4 heteroatoms. The van der Waals surface area contributed by atoms with E-state index in [1.165, 1.54) is 37.8 Å². The molecule has 0 aromatic heterocycles. The number of nitrogens with one attached hydrogen (secondary N) is 1. The summed E-state index contributed by atoms with van der Waals surface area (Å²) >= 11 is 0. The maximum atomic E-state index is 5.56. The van der Waals surface area contributed by atoms with Gasteiger partial charge >= 0.3 is 18.9 Å². The van der Waals surface area contributed by atoms with Gasteiger partial charge in [-0.25, -0.2) is 0 Å². The summed E-state index contributed by atoms with van der Waals surface area (Å²) in [5.74, 6) is 0.643. The summed E-state index contributed by atoms with van der Waals surface area (Å²) in [6.45, 7) is 2.25. The molecule has 1 unspecified atom stereocenters. The SMILES string of the molecule is CCCC(CCCCCC(N)N)C1=CC=CC=CN1.[LiH]. The van der Waals surface area contributed by atoms with Crippen LogP contribution in [0.1, 0.15) is 51.9 Å². The molecule has 0 bridgehead atoms. The molecule has 0 spiro atoms. The average molecular weight is 271 g/mol. The van der Waals surface area contributed by atoms with E-state index < -0.39 is 0 Å². The molecule has 0 amide bonds. The number of hydrogen-bond acceptors (Lipinski definition) is 3. The van der Waals surface area contributed by atoms with Crippen molar-refractivity contribution in [3.05, 3.63) is 36.2 Å². The fourth-order valence-corrected chi connectivity index (χ4v) is 2.48. The van der Waals surface area contributed by atoms with Gasteiger partial charge in [0.1, 0.15) is 0 Å². The van der Waals surface area contributed by atoms with E-state index in [9.17, 15) is 0 Å². The van der Waals surface area contributed by atoms with E-state index in [2.05, 4.69) is 30.5 Å². The molecule has 0 aliphatic carbocycles. The molecule has 0 aromatic carbocycles. The second-order valence-electron chi connectivity index (χ2n) is 5.30. The molecule has 0 saturated carbocycles. The van der Waals surface area contributed by atoms with Crippen LogP contribution in [0.3, 0.4) is 0 Å². The van der Waals surface area contributed by atoms with Crippen molar-refractivity contribution in [1.29, 1.82) is 0 Å². The van der Waals surface area contributed by atoms with Gasteiger partial charge in [-0.05, 0) is 37.3 Å². The number of rotatable bonds is 9. The van der Waals surface area contributed by atoms with Crippen LogP contribution in [0, 0.1) is 5.92 Å². The second kappa shape index (κ2) is 12.3. The van der Waals surface area contributed by atoms with Crippen LogP contribution in [-0.4, -0.2) is 25.0 Å². The van der Waals surface area contributed by atoms with Crippen LogP contribution in [0.4, 0.5) is 0 Å². The first-order valence-corrected chi connectivity index (χ1v) is 7.55. The fourth-order valence-electron chi connectivity index (χ4n) is 2.48. The Morgan fingerprint density at radius 2 is 1.75 bits per heavy atom. The van der Waals surface area contributed by atoms with Gasteiger partial charge in [0.25, 0.3) is 0 Å². The van der Waals surface area contributed by atoms with Crippen molar-refractivity contribution in [3.63, 3.8) is 0 Å². The van der Waals surface area contributed by atoms with Crippen LogP contribution in [0.15, 0.2) is 36.2 Å². The number of allylic oxidation sites excluding steroid dienone is 5. The molecule has 20 heavy (non-hydrogen) atoms. The van der Waals surface area contributed by atoms with Gasteiger partial charge in [-0.2, -0.15) is 0 Å². The Morgan fingerprint density at radius 3 is 2.45 bits per heavy atom. The van der Waals surface area contributed by atoms with Crippen LogP contribution in [0.2, 0.25) is 0 Å². The van der Waals surface area contributed by atoms with Crippen molar-refractivity contribution in [2.24, 2.45) is 17.4 Å². The Morgan fingerprint density at radius 1 is 1.00 bits per heavy atom. The second-order valence-corrected chi connectivity index (χ2v) is 5.30. The van der Waals surface area contributed by atoms with Crippen LogP contribution >= 0.6 is 0 Å². The Hall–Kier alpha value is -0.463. The molecule has 1 aliphatic heterocycles. The predicted octanol–water partition coefficient (Wildman–Crippen LogP) is 2.51. The minimum absolute atomic E-state index is 0. The molecule has 1 aliphatic rings. The van der Waals surface area contributed by atoms with Gasteiger partial charge in [-0.15, -0.1) is 0 Å². The average Bonchev–Trinajstić information content (AvgIpc) is 2.65. The van der Waals surface area contributed by atoms with Crippen molar-refractivity contribution in [2.45, 2.75) is 58.0 Å². The Kier molecular flexibility index (Phi) is 12.0. The van der Waals surface area contributed by atoms with E-state index in [0.717, 1.165) is 12.8 Å². The van der Waals surface area contributed by atoms with Gasteiger partial charge in [0.2, 0.25) is 0 Å². The standard InChI is InChI=1S/C16H29N3.Li.H/c1-2-9-14(10-5-3-7-12-16(17)18)15-11-6-4-8-13-19-15;;/h4,6,8,11,13-14,16,19H,2-3,5,7,9-10,12,17-18H2,1H3;;. The zero-order valence-corrected chi connectivity index (χ0v) is 12.1. The quantitative estimate of drug-likeness (QED) is 0.343. The predicted molar refractivity (Wildman–Crippen MR) is 90.3 cm³/mol. The zero-order valence-electron chi connectivity index (χ0n) is 12.1. The molecule has 110 valence electrons. The van der Waals surface area contributed by atoms with Crippen molar-refractivity contribution < 1.29 is 0 Å². The van der Waals surface area contributed by atoms with Crippen LogP contribution in [0.25, 0.3) is 0 Å². The molecule has 1 heterocycles. The summed E-state index contributed by atoms with van der Waals surface area (Å²) in [5.41, 5.74) is 12.5. The van der Waals surface area contributed by atoms with Gasteiger partial charge in [-0.1, -0.05) is 44.8 Å². The van der Waals surface area contributed by atoms with Gasteiger partial charge in [-0.3, -0.25) is 0 Å². The summed E-state index contributed by atoms with van der Waals surface area (Å²) in [4.78, 5) is 0. The van der Waals surface area contributed by atoms with E-state index in [1.807, 2.05) is 12.3 Å². The van der Waals surface area contributed by atoms with Gasteiger partial charge in [0.15, 0.2) is 0 Å². The minimum atomic E-state index is -0.145. The summed E-state index contributed by atoms with van der Waals surface area (Å²) < 4.78 is 0. The number of hydrogen-bond donors (Lipinski definition) is 3. The maximum absolute atomic E-state index is 5.56. The first-order chi connectivity index (χ1) is 9.24. The van der Waals surface area contributed by atoms with Gasteiger partial charge in [0.05, 0.1) is 6.17 Å². The molecule has 5 N–H and O–H groups in total. The van der Waals surface area contributed by atoms with E-state index in [-0.39, 0.29) is 25.0 Å². The van der Waals surface area contributed by atoms with Crippen molar-refractivity contribution in [1.82, 2.24) is 5.32 Å². The third kappa shape index (κ3) is 8.66. The third-order valence-electron chi connectivity index (χ3n) is 3.51. The van der Waals surface area contributed by atoms with Crippen LogP contribution in [0.5, 0.6) is 0 Å². The van der Waals surface area contributed by atoms with Gasteiger partial charge < -0.3 is 16.8 Å². The van der Waals surface area contributed by atoms with E-state index in [4.69, 9.17) is 11.5 Å². The summed E-state index contributed by atoms with van der Waals surface area (Å²) in [6, 6.07) is 0. The molecular formula is C16H30LiN3. The first kappa shape index (κ1) is 19.5.